The van der Waals surface area contributed by atoms with Crippen LogP contribution in [0.4, 0.5) is 11.4 Å². The Morgan fingerprint density at radius 1 is 1.33 bits per heavy atom. The summed E-state index contributed by atoms with van der Waals surface area (Å²) in [6, 6.07) is 12.6. The zero-order chi connectivity index (χ0) is 17.1. The molecule has 2 heterocycles. The second kappa shape index (κ2) is 7.01. The van der Waals surface area contributed by atoms with E-state index in [-0.39, 0.29) is 5.91 Å². The second-order valence-corrected chi connectivity index (χ2v) is 6.51. The van der Waals surface area contributed by atoms with Crippen molar-refractivity contribution in [3.63, 3.8) is 0 Å². The van der Waals surface area contributed by atoms with Gasteiger partial charge in [-0.15, -0.1) is 0 Å². The van der Waals surface area contributed by atoms with Crippen LogP contribution >= 0.6 is 0 Å². The number of rotatable bonds is 5. The van der Waals surface area contributed by atoms with Gasteiger partial charge in [-0.3, -0.25) is 9.78 Å². The lowest BCUT2D eigenvalue weighted by Crippen LogP contribution is -2.32. The van der Waals surface area contributed by atoms with Gasteiger partial charge in [-0.1, -0.05) is 18.2 Å². The van der Waals surface area contributed by atoms with Crippen molar-refractivity contribution in [1.82, 2.24) is 15.2 Å². The SMILES string of the molecule is CC1Cc2ccccc2N1c1ccnc(C(=O)NCCN(C)C)c1. The molecule has 0 bridgehead atoms. The van der Waals surface area contributed by atoms with Gasteiger partial charge in [0.15, 0.2) is 0 Å². The average Bonchev–Trinajstić information content (AvgIpc) is 2.90. The van der Waals surface area contributed by atoms with E-state index >= 15 is 0 Å². The van der Waals surface area contributed by atoms with Gasteiger partial charge in [0.1, 0.15) is 5.69 Å². The fourth-order valence-electron chi connectivity index (χ4n) is 3.14. The summed E-state index contributed by atoms with van der Waals surface area (Å²) < 4.78 is 0. The molecule has 0 saturated heterocycles. The van der Waals surface area contributed by atoms with Crippen LogP contribution in [-0.4, -0.2) is 49.0 Å². The summed E-state index contributed by atoms with van der Waals surface area (Å²) >= 11 is 0. The van der Waals surface area contributed by atoms with E-state index < -0.39 is 0 Å². The predicted octanol–water partition coefficient (Wildman–Crippen LogP) is 2.46. The number of carbonyl (C=O) groups is 1. The van der Waals surface area contributed by atoms with E-state index in [0.29, 0.717) is 18.3 Å². The molecule has 1 aliphatic heterocycles. The summed E-state index contributed by atoms with van der Waals surface area (Å²) in [4.78, 5) is 20.9. The first-order valence-corrected chi connectivity index (χ1v) is 8.32. The molecule has 1 aromatic carbocycles. The number of nitrogens with one attached hydrogen (secondary N) is 1. The highest BCUT2D eigenvalue weighted by Crippen LogP contribution is 2.37. The number of para-hydroxylation sites is 1. The minimum absolute atomic E-state index is 0.126. The third-order valence-electron chi connectivity index (χ3n) is 4.31. The lowest BCUT2D eigenvalue weighted by molar-refractivity contribution is 0.0946. The van der Waals surface area contributed by atoms with E-state index in [9.17, 15) is 4.79 Å². The third-order valence-corrected chi connectivity index (χ3v) is 4.31. The molecule has 2 aromatic rings. The Balaban J connectivity index is 1.80. The fraction of sp³-hybridized carbons (Fsp3) is 0.368. The summed E-state index contributed by atoms with van der Waals surface area (Å²) in [5, 5.41) is 2.92. The van der Waals surface area contributed by atoms with E-state index in [2.05, 4.69) is 46.4 Å². The van der Waals surface area contributed by atoms with Crippen molar-refractivity contribution in [3.8, 4) is 0 Å². The molecular formula is C19H24N4O. The number of hydrogen-bond acceptors (Lipinski definition) is 4. The summed E-state index contributed by atoms with van der Waals surface area (Å²) in [7, 11) is 3.97. The highest BCUT2D eigenvalue weighted by Gasteiger charge is 2.27. The number of anilines is 2. The van der Waals surface area contributed by atoms with Crippen molar-refractivity contribution in [2.45, 2.75) is 19.4 Å². The first kappa shape index (κ1) is 16.5. The Hall–Kier alpha value is -2.40. The predicted molar refractivity (Wildman–Crippen MR) is 96.9 cm³/mol. The zero-order valence-corrected chi connectivity index (χ0v) is 14.5. The molecule has 126 valence electrons. The number of aromatic nitrogens is 1. The van der Waals surface area contributed by atoms with Gasteiger partial charge >= 0.3 is 0 Å². The zero-order valence-electron chi connectivity index (χ0n) is 14.5. The van der Waals surface area contributed by atoms with E-state index in [1.807, 2.05) is 31.1 Å². The second-order valence-electron chi connectivity index (χ2n) is 6.51. The van der Waals surface area contributed by atoms with Crippen molar-refractivity contribution < 1.29 is 4.79 Å². The number of pyridine rings is 1. The van der Waals surface area contributed by atoms with Crippen LogP contribution in [0.5, 0.6) is 0 Å². The van der Waals surface area contributed by atoms with Gasteiger partial charge in [-0.2, -0.15) is 0 Å². The average molecular weight is 324 g/mol. The molecule has 1 aliphatic rings. The lowest BCUT2D eigenvalue weighted by atomic mass is 10.1. The van der Waals surface area contributed by atoms with Crippen LogP contribution in [0.15, 0.2) is 42.6 Å². The molecular weight excluding hydrogens is 300 g/mol. The molecule has 1 amide bonds. The summed E-state index contributed by atoms with van der Waals surface area (Å²) in [6.45, 7) is 3.62. The van der Waals surface area contributed by atoms with Crippen LogP contribution < -0.4 is 10.2 Å². The van der Waals surface area contributed by atoms with Crippen molar-refractivity contribution >= 4 is 17.3 Å². The quantitative estimate of drug-likeness (QED) is 0.918. The molecule has 1 unspecified atom stereocenters. The first-order chi connectivity index (χ1) is 11.6. The molecule has 5 nitrogen and oxygen atoms in total. The third kappa shape index (κ3) is 3.41. The number of hydrogen-bond donors (Lipinski definition) is 1. The number of benzene rings is 1. The summed E-state index contributed by atoms with van der Waals surface area (Å²) in [6.07, 6.45) is 2.73. The van der Waals surface area contributed by atoms with Gasteiger partial charge in [-0.05, 0) is 51.2 Å². The maximum absolute atomic E-state index is 12.3. The van der Waals surface area contributed by atoms with Crippen LogP contribution in [0.2, 0.25) is 0 Å². The number of likely N-dealkylation sites (N-methyl/N-ethyl adjacent to an activating group) is 1. The Morgan fingerprint density at radius 2 is 2.12 bits per heavy atom. The molecule has 24 heavy (non-hydrogen) atoms. The Labute approximate surface area is 143 Å². The highest BCUT2D eigenvalue weighted by atomic mass is 16.1. The number of amides is 1. The van der Waals surface area contributed by atoms with Gasteiger partial charge in [-0.25, -0.2) is 0 Å². The smallest absolute Gasteiger partial charge is 0.269 e. The topological polar surface area (TPSA) is 48.5 Å². The van der Waals surface area contributed by atoms with Crippen LogP contribution in [-0.2, 0) is 6.42 Å². The monoisotopic (exact) mass is 324 g/mol. The Morgan fingerprint density at radius 3 is 2.92 bits per heavy atom. The number of nitrogens with zero attached hydrogens (tertiary/aromatic N) is 3. The maximum Gasteiger partial charge on any atom is 0.269 e. The molecule has 0 aliphatic carbocycles. The molecule has 5 heteroatoms. The van der Waals surface area contributed by atoms with Crippen molar-refractivity contribution in [2.75, 3.05) is 32.1 Å². The van der Waals surface area contributed by atoms with Crippen LogP contribution in [0, 0.1) is 0 Å². The summed E-state index contributed by atoms with van der Waals surface area (Å²) in [5.74, 6) is -0.126. The minimum Gasteiger partial charge on any atom is -0.349 e. The molecule has 1 aromatic heterocycles. The number of fused-ring (bicyclic) bond motifs is 1. The molecule has 3 rings (SSSR count). The Bertz CT molecular complexity index is 729. The van der Waals surface area contributed by atoms with Gasteiger partial charge in [0.25, 0.3) is 5.91 Å². The van der Waals surface area contributed by atoms with Crippen molar-refractivity contribution in [1.29, 1.82) is 0 Å². The minimum atomic E-state index is -0.126. The molecule has 1 N–H and O–H groups in total. The molecule has 0 spiro atoms. The van der Waals surface area contributed by atoms with Gasteiger partial charge < -0.3 is 15.1 Å². The van der Waals surface area contributed by atoms with Gasteiger partial charge in [0.05, 0.1) is 0 Å². The van der Waals surface area contributed by atoms with Gasteiger partial charge in [0.2, 0.25) is 0 Å². The number of carbonyl (C=O) groups excluding carboxylic acids is 1. The van der Waals surface area contributed by atoms with Crippen molar-refractivity contribution in [2.24, 2.45) is 0 Å². The Kier molecular flexibility index (Phi) is 4.81. The van der Waals surface area contributed by atoms with E-state index in [0.717, 1.165) is 18.7 Å². The molecule has 0 radical (unpaired) electrons. The molecule has 0 fully saturated rings. The fourth-order valence-corrected chi connectivity index (χ4v) is 3.14. The van der Waals surface area contributed by atoms with Crippen LogP contribution in [0.25, 0.3) is 0 Å². The largest absolute Gasteiger partial charge is 0.349 e. The molecule has 0 saturated carbocycles. The highest BCUT2D eigenvalue weighted by molar-refractivity contribution is 5.93. The standard InChI is InChI=1S/C19H24N4O/c1-14-12-15-6-4-5-7-18(15)23(14)16-8-9-20-17(13-16)19(24)21-10-11-22(2)3/h4-9,13-14H,10-12H2,1-3H3,(H,21,24). The van der Waals surface area contributed by atoms with Crippen LogP contribution in [0.1, 0.15) is 23.0 Å². The van der Waals surface area contributed by atoms with Crippen molar-refractivity contribution in [3.05, 3.63) is 53.9 Å². The van der Waals surface area contributed by atoms with E-state index in [1.54, 1.807) is 6.20 Å². The van der Waals surface area contributed by atoms with E-state index in [1.165, 1.54) is 11.3 Å². The lowest BCUT2D eigenvalue weighted by Gasteiger charge is -2.25. The summed E-state index contributed by atoms with van der Waals surface area (Å²) in [5.41, 5.74) is 4.04. The first-order valence-electron chi connectivity index (χ1n) is 8.32. The molecule has 1 atom stereocenters. The van der Waals surface area contributed by atoms with Crippen LogP contribution in [0.3, 0.4) is 0 Å². The van der Waals surface area contributed by atoms with E-state index in [4.69, 9.17) is 0 Å². The van der Waals surface area contributed by atoms with Gasteiger partial charge in [0, 0.05) is 36.7 Å². The maximum atomic E-state index is 12.3. The normalized spacial score (nSPS) is 16.3.